The Bertz CT molecular complexity index is 326. The number of hydrogen-bond donors (Lipinski definition) is 2. The number of aromatic nitrogens is 2. The van der Waals surface area contributed by atoms with E-state index in [1.807, 2.05) is 7.05 Å². The number of anilines is 1. The third-order valence-corrected chi connectivity index (χ3v) is 3.90. The molecule has 1 fully saturated rings. The van der Waals surface area contributed by atoms with E-state index in [2.05, 4.69) is 19.8 Å². The highest BCUT2D eigenvalue weighted by molar-refractivity contribution is 7.10. The van der Waals surface area contributed by atoms with Crippen molar-refractivity contribution < 1.29 is 5.11 Å². The summed E-state index contributed by atoms with van der Waals surface area (Å²) in [6, 6.07) is 0.624. The minimum absolute atomic E-state index is 0.211. The van der Waals surface area contributed by atoms with Crippen LogP contribution in [0.3, 0.4) is 0 Å². The lowest BCUT2D eigenvalue weighted by molar-refractivity contribution is 0.0935. The van der Waals surface area contributed by atoms with Crippen molar-refractivity contribution in [3.8, 4) is 0 Å². The zero-order valence-corrected chi connectivity index (χ0v) is 10.3. The maximum Gasteiger partial charge on any atom is 0.134 e. The standard InChI is InChI=1S/C10H18N4OS/c1-11-10-9(12-13-16-10)7-14(5-6-15)8-3-2-4-8/h8,11,15H,2-7H2,1H3. The second-order valence-electron chi connectivity index (χ2n) is 4.08. The van der Waals surface area contributed by atoms with E-state index >= 15 is 0 Å². The van der Waals surface area contributed by atoms with Crippen molar-refractivity contribution in [1.29, 1.82) is 0 Å². The Hall–Kier alpha value is -0.720. The van der Waals surface area contributed by atoms with E-state index in [1.54, 1.807) is 0 Å². The van der Waals surface area contributed by atoms with Crippen LogP contribution in [0.25, 0.3) is 0 Å². The summed E-state index contributed by atoms with van der Waals surface area (Å²) in [7, 11) is 1.89. The molecule has 1 aliphatic rings. The van der Waals surface area contributed by atoms with Gasteiger partial charge in [0, 0.05) is 37.7 Å². The fourth-order valence-corrected chi connectivity index (χ4v) is 2.49. The van der Waals surface area contributed by atoms with Gasteiger partial charge in [-0.1, -0.05) is 10.9 Å². The highest BCUT2D eigenvalue weighted by Gasteiger charge is 2.25. The summed E-state index contributed by atoms with van der Waals surface area (Å²) in [4.78, 5) is 2.31. The van der Waals surface area contributed by atoms with Crippen molar-refractivity contribution >= 4 is 16.5 Å². The largest absolute Gasteiger partial charge is 0.395 e. The van der Waals surface area contributed by atoms with Gasteiger partial charge in [0.2, 0.25) is 0 Å². The number of hydrogen-bond acceptors (Lipinski definition) is 6. The Morgan fingerprint density at radius 2 is 2.38 bits per heavy atom. The topological polar surface area (TPSA) is 61.3 Å². The van der Waals surface area contributed by atoms with E-state index in [4.69, 9.17) is 5.11 Å². The summed E-state index contributed by atoms with van der Waals surface area (Å²) >= 11 is 1.39. The van der Waals surface area contributed by atoms with Crippen LogP contribution >= 0.6 is 11.5 Å². The average Bonchev–Trinajstić information content (AvgIpc) is 2.63. The Kier molecular flexibility index (Phi) is 4.09. The third-order valence-electron chi connectivity index (χ3n) is 3.11. The molecule has 0 radical (unpaired) electrons. The number of nitrogens with one attached hydrogen (secondary N) is 1. The summed E-state index contributed by atoms with van der Waals surface area (Å²) in [6.45, 7) is 1.73. The molecule has 1 saturated carbocycles. The zero-order chi connectivity index (χ0) is 11.4. The van der Waals surface area contributed by atoms with Crippen LogP contribution < -0.4 is 5.32 Å². The molecular weight excluding hydrogens is 224 g/mol. The minimum Gasteiger partial charge on any atom is -0.395 e. The summed E-state index contributed by atoms with van der Waals surface area (Å²) in [5.74, 6) is 0. The van der Waals surface area contributed by atoms with E-state index in [0.717, 1.165) is 23.8 Å². The van der Waals surface area contributed by atoms with Gasteiger partial charge in [0.1, 0.15) is 10.7 Å². The van der Waals surface area contributed by atoms with E-state index < -0.39 is 0 Å². The van der Waals surface area contributed by atoms with Crippen molar-refractivity contribution in [3.05, 3.63) is 5.69 Å². The lowest BCUT2D eigenvalue weighted by Gasteiger charge is -2.36. The number of nitrogens with zero attached hydrogens (tertiary/aromatic N) is 3. The smallest absolute Gasteiger partial charge is 0.134 e. The van der Waals surface area contributed by atoms with E-state index in [9.17, 15) is 0 Å². The molecule has 2 rings (SSSR count). The van der Waals surface area contributed by atoms with Crippen LogP contribution in [-0.2, 0) is 6.54 Å². The normalized spacial score (nSPS) is 16.4. The molecule has 1 aliphatic carbocycles. The van der Waals surface area contributed by atoms with Crippen LogP contribution in [0.15, 0.2) is 0 Å². The fraction of sp³-hybridized carbons (Fsp3) is 0.800. The molecule has 0 aliphatic heterocycles. The lowest BCUT2D eigenvalue weighted by atomic mass is 9.91. The van der Waals surface area contributed by atoms with E-state index in [1.165, 1.54) is 30.8 Å². The molecule has 0 saturated heterocycles. The Balaban J connectivity index is 1.98. The molecule has 6 heteroatoms. The predicted octanol–water partition coefficient (Wildman–Crippen LogP) is 0.927. The average molecular weight is 242 g/mol. The van der Waals surface area contributed by atoms with Gasteiger partial charge in [-0.2, -0.15) is 0 Å². The Labute approximate surface area is 99.6 Å². The summed E-state index contributed by atoms with van der Waals surface area (Å²) in [6.07, 6.45) is 3.79. The van der Waals surface area contributed by atoms with Crippen LogP contribution in [0.4, 0.5) is 5.00 Å². The molecule has 2 N–H and O–H groups in total. The highest BCUT2D eigenvalue weighted by atomic mass is 32.1. The van der Waals surface area contributed by atoms with Crippen molar-refractivity contribution in [3.63, 3.8) is 0 Å². The Morgan fingerprint density at radius 3 is 2.94 bits per heavy atom. The molecule has 16 heavy (non-hydrogen) atoms. The van der Waals surface area contributed by atoms with Crippen molar-refractivity contribution in [1.82, 2.24) is 14.5 Å². The van der Waals surface area contributed by atoms with Gasteiger partial charge in [-0.05, 0) is 12.8 Å². The first-order chi connectivity index (χ1) is 7.85. The van der Waals surface area contributed by atoms with Gasteiger partial charge in [-0.15, -0.1) is 5.10 Å². The maximum atomic E-state index is 9.07. The van der Waals surface area contributed by atoms with Crippen molar-refractivity contribution in [2.24, 2.45) is 0 Å². The van der Waals surface area contributed by atoms with Gasteiger partial charge in [0.05, 0.1) is 6.61 Å². The molecule has 1 heterocycles. The van der Waals surface area contributed by atoms with E-state index in [0.29, 0.717) is 6.04 Å². The molecule has 5 nitrogen and oxygen atoms in total. The molecule has 90 valence electrons. The minimum atomic E-state index is 0.211. The first-order valence-electron chi connectivity index (χ1n) is 5.69. The van der Waals surface area contributed by atoms with Crippen LogP contribution in [0.2, 0.25) is 0 Å². The Morgan fingerprint density at radius 1 is 1.56 bits per heavy atom. The second kappa shape index (κ2) is 5.56. The molecule has 0 spiro atoms. The maximum absolute atomic E-state index is 9.07. The summed E-state index contributed by atoms with van der Waals surface area (Å²) in [5.41, 5.74) is 0.993. The SMILES string of the molecule is CNc1snnc1CN(CCO)C1CCC1. The first kappa shape index (κ1) is 11.8. The molecule has 0 aromatic carbocycles. The number of aliphatic hydroxyl groups excluding tert-OH is 1. The molecule has 1 aromatic rings. The summed E-state index contributed by atoms with van der Waals surface area (Å²) < 4.78 is 3.95. The van der Waals surface area contributed by atoms with Gasteiger partial charge in [-0.25, -0.2) is 0 Å². The molecular formula is C10H18N4OS. The van der Waals surface area contributed by atoms with E-state index in [-0.39, 0.29) is 6.61 Å². The molecule has 0 unspecified atom stereocenters. The van der Waals surface area contributed by atoms with Gasteiger partial charge in [0.25, 0.3) is 0 Å². The van der Waals surface area contributed by atoms with Gasteiger partial charge in [-0.3, -0.25) is 4.90 Å². The molecule has 1 aromatic heterocycles. The van der Waals surface area contributed by atoms with Crippen molar-refractivity contribution in [2.45, 2.75) is 31.8 Å². The predicted molar refractivity (Wildman–Crippen MR) is 64.6 cm³/mol. The first-order valence-corrected chi connectivity index (χ1v) is 6.46. The van der Waals surface area contributed by atoms with Crippen molar-refractivity contribution in [2.75, 3.05) is 25.5 Å². The second-order valence-corrected chi connectivity index (χ2v) is 4.83. The van der Waals surface area contributed by atoms with Crippen LogP contribution in [0, 0.1) is 0 Å². The van der Waals surface area contributed by atoms with Gasteiger partial charge in [0.15, 0.2) is 0 Å². The number of aliphatic hydroxyl groups is 1. The quantitative estimate of drug-likeness (QED) is 0.777. The van der Waals surface area contributed by atoms with Gasteiger partial charge < -0.3 is 10.4 Å². The molecule has 0 atom stereocenters. The number of rotatable bonds is 6. The highest BCUT2D eigenvalue weighted by Crippen LogP contribution is 2.27. The zero-order valence-electron chi connectivity index (χ0n) is 9.52. The van der Waals surface area contributed by atoms with Gasteiger partial charge >= 0.3 is 0 Å². The van der Waals surface area contributed by atoms with Crippen LogP contribution in [-0.4, -0.2) is 45.8 Å². The third kappa shape index (κ3) is 2.50. The molecule has 0 amide bonds. The summed E-state index contributed by atoms with van der Waals surface area (Å²) in [5, 5.41) is 17.3. The fourth-order valence-electron chi connectivity index (χ4n) is 1.97. The lowest BCUT2D eigenvalue weighted by Crippen LogP contribution is -2.41. The monoisotopic (exact) mass is 242 g/mol. The van der Waals surface area contributed by atoms with Crippen LogP contribution in [0.5, 0.6) is 0 Å². The van der Waals surface area contributed by atoms with Crippen LogP contribution in [0.1, 0.15) is 25.0 Å². The molecule has 0 bridgehead atoms.